The lowest BCUT2D eigenvalue weighted by Crippen LogP contribution is -2.39. The number of carboxylic acid groups (broad SMARTS) is 1. The van der Waals surface area contributed by atoms with Gasteiger partial charge in [0.25, 0.3) is 0 Å². The van der Waals surface area contributed by atoms with Crippen LogP contribution in [0.2, 0.25) is 0 Å². The first-order valence-electron chi connectivity index (χ1n) is 9.04. The van der Waals surface area contributed by atoms with Gasteiger partial charge in [-0.15, -0.1) is 0 Å². The molecule has 1 fully saturated rings. The van der Waals surface area contributed by atoms with Gasteiger partial charge in [-0.2, -0.15) is 0 Å². The number of nitrogens with zero attached hydrogens (tertiary/aromatic N) is 1. The zero-order valence-corrected chi connectivity index (χ0v) is 16.1. The van der Waals surface area contributed by atoms with Gasteiger partial charge in [-0.25, -0.2) is 4.39 Å². The van der Waals surface area contributed by atoms with E-state index in [1.54, 1.807) is 18.2 Å². The van der Waals surface area contributed by atoms with Crippen molar-refractivity contribution in [3.63, 3.8) is 0 Å². The number of aliphatic carboxylic acids is 1. The van der Waals surface area contributed by atoms with Crippen LogP contribution in [-0.4, -0.2) is 49.9 Å². The first-order chi connectivity index (χ1) is 13.5. The second-order valence-electron chi connectivity index (χ2n) is 6.62. The number of ether oxygens (including phenoxy) is 3. The molecule has 1 aliphatic rings. The van der Waals surface area contributed by atoms with Crippen molar-refractivity contribution in [3.05, 3.63) is 53.3 Å². The third kappa shape index (κ3) is 3.62. The van der Waals surface area contributed by atoms with Gasteiger partial charge in [-0.1, -0.05) is 12.1 Å². The van der Waals surface area contributed by atoms with E-state index in [4.69, 9.17) is 14.2 Å². The Balaban J connectivity index is 2.21. The van der Waals surface area contributed by atoms with Crippen LogP contribution in [0.5, 0.6) is 17.2 Å². The van der Waals surface area contributed by atoms with Crippen molar-refractivity contribution in [1.82, 2.24) is 4.90 Å². The molecule has 2 aromatic carbocycles. The Kier molecular flexibility index (Phi) is 6.04. The normalized spacial score (nSPS) is 17.9. The van der Waals surface area contributed by atoms with Gasteiger partial charge in [-0.3, -0.25) is 9.69 Å². The predicted molar refractivity (Wildman–Crippen MR) is 102 cm³/mol. The molecule has 28 heavy (non-hydrogen) atoms. The Morgan fingerprint density at radius 2 is 1.89 bits per heavy atom. The number of rotatable bonds is 7. The number of carbonyl (C=O) groups is 1. The summed E-state index contributed by atoms with van der Waals surface area (Å²) in [4.78, 5) is 13.7. The van der Waals surface area contributed by atoms with E-state index >= 15 is 0 Å². The van der Waals surface area contributed by atoms with Crippen molar-refractivity contribution in [2.24, 2.45) is 0 Å². The molecule has 0 spiro atoms. The number of halogens is 1. The van der Waals surface area contributed by atoms with Crippen LogP contribution in [0.3, 0.4) is 0 Å². The third-order valence-electron chi connectivity index (χ3n) is 5.10. The number of likely N-dealkylation sites (tertiary alicyclic amines) is 1. The zero-order valence-electron chi connectivity index (χ0n) is 16.1. The van der Waals surface area contributed by atoms with E-state index in [0.29, 0.717) is 41.3 Å². The molecule has 0 bridgehead atoms. The van der Waals surface area contributed by atoms with Crippen molar-refractivity contribution in [3.8, 4) is 17.2 Å². The second kappa shape index (κ2) is 8.48. The molecule has 0 saturated carbocycles. The maximum Gasteiger partial charge on any atom is 0.320 e. The van der Waals surface area contributed by atoms with Crippen molar-refractivity contribution < 1.29 is 28.5 Å². The van der Waals surface area contributed by atoms with Gasteiger partial charge in [0, 0.05) is 12.1 Å². The van der Waals surface area contributed by atoms with Crippen LogP contribution in [0.4, 0.5) is 4.39 Å². The minimum Gasteiger partial charge on any atom is -0.493 e. The predicted octanol–water partition coefficient (Wildman–Crippen LogP) is 3.49. The summed E-state index contributed by atoms with van der Waals surface area (Å²) in [5.74, 6) is 0.0748. The van der Waals surface area contributed by atoms with E-state index in [0.717, 1.165) is 6.42 Å². The van der Waals surface area contributed by atoms with Crippen LogP contribution in [0.1, 0.15) is 30.0 Å². The van der Waals surface area contributed by atoms with Crippen LogP contribution in [0.15, 0.2) is 36.4 Å². The summed E-state index contributed by atoms with van der Waals surface area (Å²) in [7, 11) is 4.56. The first-order valence-corrected chi connectivity index (χ1v) is 9.04. The van der Waals surface area contributed by atoms with Crippen LogP contribution < -0.4 is 14.2 Å². The molecule has 2 unspecified atom stereocenters. The van der Waals surface area contributed by atoms with E-state index in [2.05, 4.69) is 0 Å². The van der Waals surface area contributed by atoms with E-state index in [-0.39, 0.29) is 5.82 Å². The highest BCUT2D eigenvalue weighted by atomic mass is 19.1. The highest BCUT2D eigenvalue weighted by Crippen LogP contribution is 2.46. The van der Waals surface area contributed by atoms with Crippen LogP contribution in [-0.2, 0) is 4.79 Å². The summed E-state index contributed by atoms with van der Waals surface area (Å²) in [6, 6.07) is 8.60. The topological polar surface area (TPSA) is 68.2 Å². The fourth-order valence-corrected chi connectivity index (χ4v) is 3.93. The fourth-order valence-electron chi connectivity index (χ4n) is 3.93. The number of methoxy groups -OCH3 is 3. The molecule has 1 N–H and O–H groups in total. The summed E-state index contributed by atoms with van der Waals surface area (Å²) in [6.07, 6.45) is 1.29. The summed E-state index contributed by atoms with van der Waals surface area (Å²) in [6.45, 7) is 0.579. The van der Waals surface area contributed by atoms with Crippen molar-refractivity contribution in [2.75, 3.05) is 27.9 Å². The van der Waals surface area contributed by atoms with Gasteiger partial charge >= 0.3 is 5.97 Å². The minimum atomic E-state index is -0.890. The molecule has 2 aromatic rings. The fraction of sp³-hybridized carbons (Fsp3) is 0.381. The Hall–Kier alpha value is -2.80. The maximum absolute atomic E-state index is 14.0. The van der Waals surface area contributed by atoms with Gasteiger partial charge in [0.1, 0.15) is 11.9 Å². The van der Waals surface area contributed by atoms with Crippen LogP contribution >= 0.6 is 0 Å². The van der Waals surface area contributed by atoms with Gasteiger partial charge in [0.15, 0.2) is 11.5 Å². The number of hydrogen-bond donors (Lipinski definition) is 1. The lowest BCUT2D eigenvalue weighted by molar-refractivity contribution is -0.142. The molecule has 1 heterocycles. The monoisotopic (exact) mass is 389 g/mol. The average Bonchev–Trinajstić information content (AvgIpc) is 3.17. The Labute approximate surface area is 163 Å². The molecule has 3 rings (SSSR count). The molecular weight excluding hydrogens is 365 g/mol. The second-order valence-corrected chi connectivity index (χ2v) is 6.62. The molecular formula is C21H24FNO5. The van der Waals surface area contributed by atoms with Crippen LogP contribution in [0, 0.1) is 5.82 Å². The van der Waals surface area contributed by atoms with Gasteiger partial charge in [-0.05, 0) is 42.7 Å². The van der Waals surface area contributed by atoms with Crippen molar-refractivity contribution in [2.45, 2.75) is 24.9 Å². The lowest BCUT2D eigenvalue weighted by Gasteiger charge is -2.33. The largest absolute Gasteiger partial charge is 0.493 e. The molecule has 1 aliphatic heterocycles. The van der Waals surface area contributed by atoms with Crippen LogP contribution in [0.25, 0.3) is 0 Å². The Bertz CT molecular complexity index is 857. The van der Waals surface area contributed by atoms with Gasteiger partial charge < -0.3 is 19.3 Å². The molecule has 150 valence electrons. The highest BCUT2D eigenvalue weighted by Gasteiger charge is 2.38. The molecule has 6 nitrogen and oxygen atoms in total. The van der Waals surface area contributed by atoms with E-state index in [1.807, 2.05) is 11.0 Å². The van der Waals surface area contributed by atoms with E-state index in [9.17, 15) is 14.3 Å². The molecule has 2 atom stereocenters. The summed E-state index contributed by atoms with van der Waals surface area (Å²) >= 11 is 0. The number of benzene rings is 2. The lowest BCUT2D eigenvalue weighted by atomic mass is 9.94. The smallest absolute Gasteiger partial charge is 0.320 e. The molecule has 0 amide bonds. The summed E-state index contributed by atoms with van der Waals surface area (Å²) < 4.78 is 30.5. The summed E-state index contributed by atoms with van der Waals surface area (Å²) in [5.41, 5.74) is 1.34. The highest BCUT2D eigenvalue weighted by molar-refractivity contribution is 5.74. The number of carboxylic acids is 1. The van der Waals surface area contributed by atoms with Gasteiger partial charge in [0.2, 0.25) is 5.75 Å². The molecule has 0 radical (unpaired) electrons. The Morgan fingerprint density at radius 3 is 2.50 bits per heavy atom. The molecule has 1 saturated heterocycles. The molecule has 0 aromatic heterocycles. The summed E-state index contributed by atoms with van der Waals surface area (Å²) in [5, 5.41) is 9.70. The minimum absolute atomic E-state index is 0.381. The van der Waals surface area contributed by atoms with E-state index < -0.39 is 18.1 Å². The standard InChI is InChI=1S/C21H24FNO5/c1-26-17-10-9-15(19(27-2)20(17)28-3)18(13-6-4-7-14(22)12-13)23-11-5-8-16(23)21(24)25/h4,6-7,9-10,12,16,18H,5,8,11H2,1-3H3,(H,24,25). The quantitative estimate of drug-likeness (QED) is 0.782. The average molecular weight is 389 g/mol. The van der Waals surface area contributed by atoms with Crippen molar-refractivity contribution in [1.29, 1.82) is 0 Å². The first kappa shape index (κ1) is 19.9. The number of hydrogen-bond acceptors (Lipinski definition) is 5. The SMILES string of the molecule is COc1ccc(C(c2cccc(F)c2)N2CCCC2C(=O)O)c(OC)c1OC. The third-order valence-corrected chi connectivity index (χ3v) is 5.10. The molecule has 0 aliphatic carbocycles. The zero-order chi connectivity index (χ0) is 20.3. The van der Waals surface area contributed by atoms with Gasteiger partial charge in [0.05, 0.1) is 27.4 Å². The van der Waals surface area contributed by atoms with Crippen molar-refractivity contribution >= 4 is 5.97 Å². The molecule has 7 heteroatoms. The van der Waals surface area contributed by atoms with E-state index in [1.165, 1.54) is 33.5 Å². The Morgan fingerprint density at radius 1 is 1.14 bits per heavy atom. The maximum atomic E-state index is 14.0.